The van der Waals surface area contributed by atoms with Crippen molar-refractivity contribution < 1.29 is 39.5 Å². The van der Waals surface area contributed by atoms with Crippen LogP contribution in [0.4, 0.5) is 0 Å². The first-order valence-electron chi connectivity index (χ1n) is 13.5. The number of likely N-dealkylation sites (N-methyl/N-ethyl adjacent to an activating group) is 1. The number of primary amides is 1. The maximum Gasteiger partial charge on any atom is 0.255 e. The van der Waals surface area contributed by atoms with Crippen LogP contribution in [0.2, 0.25) is 0 Å². The van der Waals surface area contributed by atoms with Gasteiger partial charge in [-0.2, -0.15) is 0 Å². The van der Waals surface area contributed by atoms with E-state index in [2.05, 4.69) is 0 Å². The van der Waals surface area contributed by atoms with Gasteiger partial charge in [-0.3, -0.25) is 19.3 Å². The molecule has 0 heterocycles. The number of Topliss-reactive ketones (excluding diaryl/α,β-unsaturated/α-hetero) is 2. The van der Waals surface area contributed by atoms with Gasteiger partial charge in [0.05, 0.1) is 24.3 Å². The molecule has 1 aromatic rings. The lowest BCUT2D eigenvalue weighted by atomic mass is 9.58. The van der Waals surface area contributed by atoms with E-state index in [-0.39, 0.29) is 42.4 Å². The van der Waals surface area contributed by atoms with Crippen molar-refractivity contribution in [1.29, 1.82) is 0 Å². The summed E-state index contributed by atoms with van der Waals surface area (Å²) in [5.74, 6) is -6.47. The molecule has 1 aromatic carbocycles. The quantitative estimate of drug-likeness (QED) is 0.352. The third-order valence-corrected chi connectivity index (χ3v) is 9.05. The molecule has 0 bridgehead atoms. The van der Waals surface area contributed by atoms with Gasteiger partial charge in [0.1, 0.15) is 22.8 Å². The van der Waals surface area contributed by atoms with Crippen molar-refractivity contribution in [3.8, 4) is 5.75 Å². The Morgan fingerprint density at radius 1 is 1.15 bits per heavy atom. The topological polar surface area (TPSA) is 171 Å². The van der Waals surface area contributed by atoms with Crippen molar-refractivity contribution in [3.05, 3.63) is 51.0 Å². The Morgan fingerprint density at radius 2 is 1.82 bits per heavy atom. The number of amides is 1. The van der Waals surface area contributed by atoms with Crippen LogP contribution in [0.1, 0.15) is 65.6 Å². The van der Waals surface area contributed by atoms with Gasteiger partial charge in [-0.25, -0.2) is 0 Å². The number of aryl methyl sites for hydroxylation is 1. The van der Waals surface area contributed by atoms with Crippen LogP contribution in [0.25, 0.3) is 0 Å². The van der Waals surface area contributed by atoms with E-state index in [1.54, 1.807) is 14.1 Å². The van der Waals surface area contributed by atoms with Gasteiger partial charge in [-0.1, -0.05) is 19.3 Å². The Bertz CT molecular complexity index is 1320. The third-order valence-electron chi connectivity index (χ3n) is 9.05. The van der Waals surface area contributed by atoms with E-state index < -0.39 is 58.0 Å². The summed E-state index contributed by atoms with van der Waals surface area (Å²) in [4.78, 5) is 40.9. The van der Waals surface area contributed by atoms with Gasteiger partial charge < -0.3 is 30.9 Å². The number of fused-ring (bicyclic) bond motifs is 3. The maximum absolute atomic E-state index is 13.9. The number of aromatic hydroxyl groups is 1. The largest absolute Gasteiger partial charge is 0.510 e. The normalized spacial score (nSPS) is 29.4. The van der Waals surface area contributed by atoms with E-state index in [4.69, 9.17) is 10.5 Å². The smallest absolute Gasteiger partial charge is 0.255 e. The predicted octanol–water partition coefficient (Wildman–Crippen LogP) is 2.28. The van der Waals surface area contributed by atoms with Gasteiger partial charge in [0.25, 0.3) is 5.91 Å². The molecule has 0 spiro atoms. The molecule has 4 aliphatic carbocycles. The van der Waals surface area contributed by atoms with Gasteiger partial charge in [-0.05, 0) is 69.8 Å². The minimum atomic E-state index is -2.64. The molecule has 1 amide bonds. The van der Waals surface area contributed by atoms with Crippen molar-refractivity contribution in [2.45, 2.75) is 76.2 Å². The van der Waals surface area contributed by atoms with E-state index >= 15 is 0 Å². The zero-order valence-corrected chi connectivity index (χ0v) is 22.5. The molecule has 1 saturated carbocycles. The number of aliphatic hydroxyl groups is 3. The Labute approximate surface area is 226 Å². The van der Waals surface area contributed by atoms with Crippen LogP contribution in [0.5, 0.6) is 5.75 Å². The molecule has 0 radical (unpaired) electrons. The molecular weight excluding hydrogens is 504 g/mol. The van der Waals surface area contributed by atoms with Crippen molar-refractivity contribution in [1.82, 2.24) is 4.90 Å². The summed E-state index contributed by atoms with van der Waals surface area (Å²) in [5, 5.41) is 45.2. The predicted molar refractivity (Wildman–Crippen MR) is 140 cm³/mol. The second-order valence-electron chi connectivity index (χ2n) is 11.6. The van der Waals surface area contributed by atoms with Gasteiger partial charge in [-0.15, -0.1) is 0 Å². The summed E-state index contributed by atoms with van der Waals surface area (Å²) < 4.78 is 6.04. The number of nitrogens with zero attached hydrogens (tertiary/aromatic N) is 1. The van der Waals surface area contributed by atoms with Crippen LogP contribution in [0, 0.1) is 18.8 Å². The fourth-order valence-electron chi connectivity index (χ4n) is 7.12. The lowest BCUT2D eigenvalue weighted by molar-refractivity contribution is -0.148. The summed E-state index contributed by atoms with van der Waals surface area (Å²) in [6.45, 7) is 1.98. The van der Waals surface area contributed by atoms with Gasteiger partial charge in [0, 0.05) is 17.1 Å². The number of phenolic OH excluding ortho intramolecular Hbond substituents is 1. The molecule has 6 N–H and O–H groups in total. The summed E-state index contributed by atoms with van der Waals surface area (Å²) in [6, 6.07) is 0.808. The molecule has 4 aliphatic rings. The average molecular weight is 541 g/mol. The number of hydrogen-bond donors (Lipinski definition) is 5. The molecule has 0 aliphatic heterocycles. The van der Waals surface area contributed by atoms with Crippen molar-refractivity contribution >= 4 is 17.5 Å². The van der Waals surface area contributed by atoms with Gasteiger partial charge in [0.15, 0.2) is 11.4 Å². The Kier molecular flexibility index (Phi) is 6.85. The molecule has 1 fully saturated rings. The summed E-state index contributed by atoms with van der Waals surface area (Å²) in [6.07, 6.45) is 5.70. The zero-order chi connectivity index (χ0) is 28.4. The molecule has 10 nitrogen and oxygen atoms in total. The number of benzene rings is 1. The van der Waals surface area contributed by atoms with Crippen molar-refractivity contribution in [3.63, 3.8) is 0 Å². The Morgan fingerprint density at radius 3 is 2.44 bits per heavy atom. The highest BCUT2D eigenvalue weighted by atomic mass is 16.5. The van der Waals surface area contributed by atoms with Gasteiger partial charge >= 0.3 is 0 Å². The van der Waals surface area contributed by atoms with Crippen LogP contribution >= 0.6 is 0 Å². The number of carbonyl (C=O) groups excluding carboxylic acids is 3. The van der Waals surface area contributed by atoms with Crippen LogP contribution in [-0.2, 0) is 27.4 Å². The number of allylic oxidation sites excluding steroid dienone is 1. The van der Waals surface area contributed by atoms with Crippen LogP contribution < -0.4 is 5.73 Å². The molecule has 0 saturated heterocycles. The second-order valence-corrected chi connectivity index (χ2v) is 11.6. The third kappa shape index (κ3) is 4.08. The van der Waals surface area contributed by atoms with E-state index in [9.17, 15) is 34.8 Å². The lowest BCUT2D eigenvalue weighted by Gasteiger charge is -2.50. The Balaban J connectivity index is 1.59. The fourth-order valence-corrected chi connectivity index (χ4v) is 7.12. The van der Waals surface area contributed by atoms with E-state index in [1.165, 1.54) is 11.3 Å². The van der Waals surface area contributed by atoms with E-state index in [0.29, 0.717) is 11.1 Å². The number of rotatable bonds is 5. The molecule has 210 valence electrons. The lowest BCUT2D eigenvalue weighted by Crippen LogP contribution is -2.63. The van der Waals surface area contributed by atoms with Gasteiger partial charge in [0.2, 0.25) is 5.78 Å². The first-order valence-corrected chi connectivity index (χ1v) is 13.5. The first-order chi connectivity index (χ1) is 18.4. The molecule has 10 heteroatoms. The first kappa shape index (κ1) is 27.4. The van der Waals surface area contributed by atoms with Crippen LogP contribution in [-0.4, -0.2) is 74.6 Å². The highest BCUT2D eigenvalue weighted by molar-refractivity contribution is 6.24. The maximum atomic E-state index is 13.9. The van der Waals surface area contributed by atoms with Crippen molar-refractivity contribution in [2.75, 3.05) is 14.1 Å². The number of aliphatic hydroxyl groups excluding tert-OH is 2. The number of nitrogens with two attached hydrogens (primary N) is 1. The Hall–Kier alpha value is -3.21. The van der Waals surface area contributed by atoms with E-state index in [1.807, 2.05) is 13.0 Å². The number of phenols is 1. The molecule has 0 aromatic heterocycles. The zero-order valence-electron chi connectivity index (χ0n) is 22.5. The molecular formula is C29H36N2O8. The minimum absolute atomic E-state index is 0.0260. The monoisotopic (exact) mass is 540 g/mol. The van der Waals surface area contributed by atoms with Crippen LogP contribution in [0.3, 0.4) is 0 Å². The summed E-state index contributed by atoms with van der Waals surface area (Å²) in [5.41, 5.74) is 3.67. The standard InChI is InChI=1S/C29H36N2O8/c1-13-9-15(12-39-16-7-5-4-6-8-16)23(32)20-17(13)10-14-11-18-22(31(2)3)25(34)21(28(30)37)27(36)29(18,38)26(35)19(14)24(20)33/h9,14,16,18,22,32,34-35,38H,4-8,10-12H2,1-3H3,(H2,30,37). The molecule has 39 heavy (non-hydrogen) atoms. The fraction of sp³-hybridized carbons (Fsp3) is 0.552. The van der Waals surface area contributed by atoms with Crippen LogP contribution in [0.15, 0.2) is 28.7 Å². The SMILES string of the molecule is Cc1cc(COC2CCCCC2)c(O)c2c1CC1CC3C(N(C)C)C(O)=C(C(N)=O)C(=O)C3(O)C(O)=C1C2=O. The summed E-state index contributed by atoms with van der Waals surface area (Å²) >= 11 is 0. The number of ether oxygens (including phenoxy) is 1. The molecule has 5 rings (SSSR count). The highest BCUT2D eigenvalue weighted by Crippen LogP contribution is 2.52. The number of ketones is 2. The second kappa shape index (κ2) is 9.76. The average Bonchev–Trinajstić information content (AvgIpc) is 2.87. The van der Waals surface area contributed by atoms with Crippen molar-refractivity contribution in [2.24, 2.45) is 17.6 Å². The minimum Gasteiger partial charge on any atom is -0.510 e. The highest BCUT2D eigenvalue weighted by Gasteiger charge is 2.63. The summed E-state index contributed by atoms with van der Waals surface area (Å²) in [7, 11) is 3.21. The molecule has 4 unspecified atom stereocenters. The number of hydrogen-bond acceptors (Lipinski definition) is 9. The van der Waals surface area contributed by atoms with E-state index in [0.717, 1.165) is 31.2 Å². The number of carbonyl (C=O) groups is 3. The molecule has 4 atom stereocenters.